The number of pyridine rings is 7. The number of methoxy groups -OCH3 is 10. The summed E-state index contributed by atoms with van der Waals surface area (Å²) in [5, 5.41) is 15.6. The maximum absolute atomic E-state index is 5.61. The molecule has 99 heavy (non-hydrogen) atoms. The fourth-order valence-corrected chi connectivity index (χ4v) is 7.75. The highest BCUT2D eigenvalue weighted by Gasteiger charge is 2.07. The van der Waals surface area contributed by atoms with Crippen molar-refractivity contribution in [3.63, 3.8) is 0 Å². The number of halogens is 2. The van der Waals surface area contributed by atoms with Crippen LogP contribution in [0.15, 0.2) is 194 Å². The zero-order valence-corrected chi connectivity index (χ0v) is 62.4. The Hall–Kier alpha value is -8.34. The molecule has 0 radical (unpaired) electrons. The lowest BCUT2D eigenvalue weighted by atomic mass is 10.2. The molecule has 10 aromatic heterocycles. The maximum atomic E-state index is 5.61. The maximum Gasteiger partial charge on any atom is 0.129 e. The van der Waals surface area contributed by atoms with Gasteiger partial charge in [0.05, 0.1) is 122 Å². The first-order valence-corrected chi connectivity index (χ1v) is 32.3. The van der Waals surface area contributed by atoms with Crippen LogP contribution in [0.3, 0.4) is 0 Å². The van der Waals surface area contributed by atoms with Crippen molar-refractivity contribution in [3.05, 3.63) is 278 Å². The summed E-state index contributed by atoms with van der Waals surface area (Å²) >= 11 is 8.91. The largest absolute Gasteiger partial charge is 0.378 e. The van der Waals surface area contributed by atoms with Gasteiger partial charge >= 0.3 is 0 Å². The Morgan fingerprint density at radius 2 is 0.949 bits per heavy atom. The SMILES string of the molecule is CCC(OC)c1ccccn1.COC(C)c1cccnn1.COCc1cc(C)ccn1.COCc1ccc(Br)cn1.COCc1ccc(C)cn1.COCc1cccc(C)n1.COCc1cccc(Cl)n1.COCc1cccnn1.COCc1ccncn1.COCc1ncccc1C. The van der Waals surface area contributed by atoms with Crippen molar-refractivity contribution >= 4 is 27.5 Å². The van der Waals surface area contributed by atoms with Crippen molar-refractivity contribution in [2.24, 2.45) is 0 Å². The molecule has 0 spiro atoms. The van der Waals surface area contributed by atoms with Crippen molar-refractivity contribution in [1.82, 2.24) is 65.3 Å². The summed E-state index contributed by atoms with van der Waals surface area (Å²) in [6.45, 7) is 16.7. The monoisotopic (exact) mass is 1440 g/mol. The normalized spacial score (nSPS) is 10.4. The molecule has 0 aliphatic rings. The van der Waals surface area contributed by atoms with E-state index in [9.17, 15) is 0 Å². The van der Waals surface area contributed by atoms with Gasteiger partial charge in [0.25, 0.3) is 0 Å². The third-order valence-corrected chi connectivity index (χ3v) is 12.9. The zero-order chi connectivity index (χ0) is 72.9. The van der Waals surface area contributed by atoms with Gasteiger partial charge in [-0.15, -0.1) is 0 Å². The average molecular weight is 1450 g/mol. The van der Waals surface area contributed by atoms with Gasteiger partial charge in [-0.2, -0.15) is 20.4 Å². The van der Waals surface area contributed by atoms with Crippen molar-refractivity contribution in [2.45, 2.75) is 113 Å². The van der Waals surface area contributed by atoms with Crippen LogP contribution in [-0.4, -0.2) is 136 Å². The van der Waals surface area contributed by atoms with Gasteiger partial charge in [-0.3, -0.25) is 29.9 Å². The fourth-order valence-electron chi connectivity index (χ4n) is 7.33. The van der Waals surface area contributed by atoms with E-state index in [-0.39, 0.29) is 12.2 Å². The van der Waals surface area contributed by atoms with Crippen LogP contribution in [0.1, 0.15) is 112 Å². The van der Waals surface area contributed by atoms with Gasteiger partial charge in [0.2, 0.25) is 0 Å². The first-order chi connectivity index (χ1) is 48.1. The van der Waals surface area contributed by atoms with E-state index in [1.807, 2.05) is 168 Å². The number of ether oxygens (including phenoxy) is 10. The van der Waals surface area contributed by atoms with Crippen LogP contribution in [0.4, 0.5) is 0 Å². The third kappa shape index (κ3) is 45.8. The van der Waals surface area contributed by atoms with Crippen molar-refractivity contribution < 1.29 is 47.4 Å². The van der Waals surface area contributed by atoms with Crippen LogP contribution in [0, 0.1) is 27.7 Å². The summed E-state index contributed by atoms with van der Waals surface area (Å²) in [4.78, 5) is 36.6. The smallest absolute Gasteiger partial charge is 0.129 e. The van der Waals surface area contributed by atoms with Gasteiger partial charge in [-0.25, -0.2) is 15.0 Å². The summed E-state index contributed by atoms with van der Waals surface area (Å²) < 4.78 is 50.4. The van der Waals surface area contributed by atoms with Crippen molar-refractivity contribution in [3.8, 4) is 0 Å². The second kappa shape index (κ2) is 59.7. The van der Waals surface area contributed by atoms with Crippen LogP contribution in [0.25, 0.3) is 0 Å². The molecule has 0 N–H and O–H groups in total. The van der Waals surface area contributed by atoms with E-state index in [2.05, 4.69) is 88.1 Å². The Kier molecular flexibility index (Phi) is 53.5. The summed E-state index contributed by atoms with van der Waals surface area (Å²) in [5.74, 6) is 0. The molecule has 0 amide bonds. The summed E-state index contributed by atoms with van der Waals surface area (Å²) in [7, 11) is 16.6. The lowest BCUT2D eigenvalue weighted by Crippen LogP contribution is -2.01. The minimum Gasteiger partial charge on any atom is -0.378 e. The number of hydrogen-bond donors (Lipinski definition) is 0. The fraction of sp³-hybridized carbons (Fsp3) is 0.365. The molecule has 2 atom stereocenters. The van der Waals surface area contributed by atoms with E-state index in [0.717, 1.165) is 73.5 Å². The van der Waals surface area contributed by atoms with Gasteiger partial charge < -0.3 is 47.4 Å². The standard InChI is InChI=1S/C9H13NO.4C8H11NO.C7H8BrNO.C7H8ClNO.C7H10N2O.2C6H8N2O/c1-3-9(11-2)8-6-4-5-7-10-8;1-7-3-4-9-8(5-7)6-10-2;1-7-3-4-8(6-10-2)9-5-7;1-7-4-3-5-9-8(7)6-10-2;1-7-4-3-5-8(9-7)6-10-2;1-10-5-7-3-2-6(8)4-9-7;1-10-5-6-3-2-4-7(8)9-6;1-6(10-2)7-4-3-5-8-9-7;1-9-4-6-2-3-7-5-8-6;1-9-5-6-3-2-4-7-8-6/h4-7,9H,3H2,1-2H3;4*3-5H,6H2,1-2H3;2*2-4H,5H2,1H3;3-6H,1-2H3;2-3,5H,4H2,1H3;2-4H,5H2,1H3. The molecule has 0 aliphatic carbocycles. The average Bonchev–Trinajstić information content (AvgIpc) is 2.31. The number of rotatable bonds is 21. The van der Waals surface area contributed by atoms with Gasteiger partial charge in [-0.05, 0) is 177 Å². The Morgan fingerprint density at radius 1 is 0.404 bits per heavy atom. The molecule has 0 saturated carbocycles. The second-order valence-corrected chi connectivity index (χ2v) is 21.7. The van der Waals surface area contributed by atoms with Gasteiger partial charge in [0.1, 0.15) is 11.5 Å². The van der Waals surface area contributed by atoms with E-state index in [1.165, 1.54) is 23.0 Å². The van der Waals surface area contributed by atoms with Gasteiger partial charge in [0.15, 0.2) is 0 Å². The van der Waals surface area contributed by atoms with E-state index >= 15 is 0 Å². The van der Waals surface area contributed by atoms with E-state index < -0.39 is 0 Å². The predicted molar refractivity (Wildman–Crippen MR) is 389 cm³/mol. The molecule has 25 heteroatoms. The lowest BCUT2D eigenvalue weighted by Gasteiger charge is -2.10. The molecular formula is C74H99BrClN13O10. The first kappa shape index (κ1) is 88.7. The quantitative estimate of drug-likeness (QED) is 0.0605. The summed E-state index contributed by atoms with van der Waals surface area (Å²) in [6, 6.07) is 42.3. The van der Waals surface area contributed by atoms with E-state index in [4.69, 9.17) is 59.0 Å². The molecule has 534 valence electrons. The first-order valence-electron chi connectivity index (χ1n) is 31.1. The molecule has 0 fully saturated rings. The molecule has 0 bridgehead atoms. The molecule has 23 nitrogen and oxygen atoms in total. The Labute approximate surface area is 599 Å². The Morgan fingerprint density at radius 3 is 1.43 bits per heavy atom. The zero-order valence-electron chi connectivity index (χ0n) is 60.1. The van der Waals surface area contributed by atoms with Crippen LogP contribution in [0.2, 0.25) is 5.15 Å². The van der Waals surface area contributed by atoms with Gasteiger partial charge in [0, 0.05) is 131 Å². The van der Waals surface area contributed by atoms with Crippen LogP contribution < -0.4 is 0 Å². The predicted octanol–water partition coefficient (Wildman–Crippen LogP) is 14.6. The van der Waals surface area contributed by atoms with Crippen molar-refractivity contribution in [2.75, 3.05) is 71.1 Å². The Bertz CT molecular complexity index is 3280. The summed E-state index contributed by atoms with van der Waals surface area (Å²) in [5.41, 5.74) is 14.1. The highest BCUT2D eigenvalue weighted by atomic mass is 79.9. The minimum absolute atomic E-state index is 0.0358. The van der Waals surface area contributed by atoms with Crippen molar-refractivity contribution in [1.29, 1.82) is 0 Å². The number of aryl methyl sites for hydroxylation is 4. The van der Waals surface area contributed by atoms with E-state index in [0.29, 0.717) is 58.0 Å². The number of hydrogen-bond acceptors (Lipinski definition) is 23. The van der Waals surface area contributed by atoms with Crippen LogP contribution in [0.5, 0.6) is 0 Å². The highest BCUT2D eigenvalue weighted by Crippen LogP contribution is 2.17. The molecular weight excluding hydrogens is 1350 g/mol. The van der Waals surface area contributed by atoms with Crippen LogP contribution >= 0.6 is 27.5 Å². The molecule has 0 aliphatic heterocycles. The molecule has 0 saturated heterocycles. The Balaban J connectivity index is 0.000000550. The lowest BCUT2D eigenvalue weighted by molar-refractivity contribution is 0.0965. The minimum atomic E-state index is 0.0358. The van der Waals surface area contributed by atoms with Gasteiger partial charge in [-0.1, -0.05) is 48.9 Å². The third-order valence-electron chi connectivity index (χ3n) is 12.2. The highest BCUT2D eigenvalue weighted by molar-refractivity contribution is 9.10. The molecule has 0 aromatic carbocycles. The molecule has 2 unspecified atom stereocenters. The summed E-state index contributed by atoms with van der Waals surface area (Å²) in [6.07, 6.45) is 16.6. The van der Waals surface area contributed by atoms with E-state index in [1.54, 1.807) is 121 Å². The molecule has 10 heterocycles. The second-order valence-electron chi connectivity index (χ2n) is 20.4. The molecule has 10 rings (SSSR count). The number of aromatic nitrogens is 13. The molecule has 10 aromatic rings. The topological polar surface area (TPSA) is 260 Å². The number of nitrogens with zero attached hydrogens (tertiary/aromatic N) is 13. The van der Waals surface area contributed by atoms with Crippen LogP contribution in [-0.2, 0) is 100 Å².